The number of hydrogen-bond acceptors (Lipinski definition) is 4. The quantitative estimate of drug-likeness (QED) is 0.309. The van der Waals surface area contributed by atoms with Crippen molar-refractivity contribution in [3.63, 3.8) is 0 Å². The fourth-order valence-corrected chi connectivity index (χ4v) is 3.32. The highest BCUT2D eigenvalue weighted by Crippen LogP contribution is 2.22. The Morgan fingerprint density at radius 3 is 2.50 bits per heavy atom. The van der Waals surface area contributed by atoms with Crippen LogP contribution in [0.15, 0.2) is 59.1 Å². The van der Waals surface area contributed by atoms with Gasteiger partial charge in [-0.25, -0.2) is 4.79 Å². The monoisotopic (exact) mass is 462 g/mol. The zero-order chi connectivity index (χ0) is 20.4. The predicted octanol–water partition coefficient (Wildman–Crippen LogP) is 6.62. The third-order valence-corrected chi connectivity index (χ3v) is 5.11. The largest absolute Gasteiger partial charge is 0.492 e. The van der Waals surface area contributed by atoms with E-state index in [4.69, 9.17) is 9.47 Å². The Morgan fingerprint density at radius 1 is 1.07 bits per heavy atom. The standard InChI is InChI=1S/C23H27BrO3S/c1-23(2,3)27-22(25)20-9-4-5-10-21(20)26-15-17-28-16-7-6-8-18-11-13-19(24)14-12-18/h4-6,8-14H,7,15-17H2,1-3H3/b8-6+. The van der Waals surface area contributed by atoms with E-state index in [2.05, 4.69) is 40.2 Å². The van der Waals surface area contributed by atoms with Crippen molar-refractivity contribution in [2.75, 3.05) is 18.1 Å². The van der Waals surface area contributed by atoms with Crippen LogP contribution >= 0.6 is 27.7 Å². The van der Waals surface area contributed by atoms with Gasteiger partial charge in [-0.3, -0.25) is 0 Å². The van der Waals surface area contributed by atoms with Gasteiger partial charge in [0.2, 0.25) is 0 Å². The lowest BCUT2D eigenvalue weighted by Crippen LogP contribution is -2.24. The number of allylic oxidation sites excluding steroid dienone is 1. The maximum Gasteiger partial charge on any atom is 0.342 e. The molecule has 0 amide bonds. The molecule has 0 spiro atoms. The predicted molar refractivity (Wildman–Crippen MR) is 122 cm³/mol. The van der Waals surface area contributed by atoms with E-state index in [1.54, 1.807) is 6.07 Å². The number of para-hydroxylation sites is 1. The number of hydrogen-bond donors (Lipinski definition) is 0. The first-order chi connectivity index (χ1) is 13.3. The average Bonchev–Trinajstić information content (AvgIpc) is 2.64. The van der Waals surface area contributed by atoms with Crippen LogP contribution in [-0.4, -0.2) is 29.7 Å². The molecule has 0 N–H and O–H groups in total. The molecule has 2 aromatic rings. The lowest BCUT2D eigenvalue weighted by molar-refractivity contribution is 0.00660. The van der Waals surface area contributed by atoms with E-state index in [1.807, 2.05) is 62.9 Å². The summed E-state index contributed by atoms with van der Waals surface area (Å²) in [7, 11) is 0. The Labute approximate surface area is 180 Å². The molecule has 150 valence electrons. The van der Waals surface area contributed by atoms with Crippen LogP contribution < -0.4 is 4.74 Å². The molecule has 0 heterocycles. The van der Waals surface area contributed by atoms with Gasteiger partial charge in [0.05, 0.1) is 6.61 Å². The SMILES string of the molecule is CC(C)(C)OC(=O)c1ccccc1OCCSCC/C=C/c1ccc(Br)cc1. The van der Waals surface area contributed by atoms with Crippen molar-refractivity contribution in [1.29, 1.82) is 0 Å². The van der Waals surface area contributed by atoms with Crippen LogP contribution in [0.2, 0.25) is 0 Å². The topological polar surface area (TPSA) is 35.5 Å². The van der Waals surface area contributed by atoms with Crippen molar-refractivity contribution < 1.29 is 14.3 Å². The summed E-state index contributed by atoms with van der Waals surface area (Å²) in [4.78, 5) is 12.3. The highest BCUT2D eigenvalue weighted by Gasteiger charge is 2.20. The summed E-state index contributed by atoms with van der Waals surface area (Å²) < 4.78 is 12.4. The summed E-state index contributed by atoms with van der Waals surface area (Å²) in [5, 5.41) is 0. The van der Waals surface area contributed by atoms with Crippen LogP contribution in [0, 0.1) is 0 Å². The van der Waals surface area contributed by atoms with E-state index in [-0.39, 0.29) is 5.97 Å². The van der Waals surface area contributed by atoms with Crippen LogP contribution in [0.25, 0.3) is 6.08 Å². The van der Waals surface area contributed by atoms with E-state index >= 15 is 0 Å². The number of halogens is 1. The lowest BCUT2D eigenvalue weighted by Gasteiger charge is -2.20. The van der Waals surface area contributed by atoms with Gasteiger partial charge in [0.25, 0.3) is 0 Å². The first-order valence-corrected chi connectivity index (χ1v) is 11.2. The van der Waals surface area contributed by atoms with Gasteiger partial charge in [0.15, 0.2) is 0 Å². The molecule has 0 saturated heterocycles. The van der Waals surface area contributed by atoms with Gasteiger partial charge in [-0.1, -0.05) is 52.3 Å². The Balaban J connectivity index is 1.69. The van der Waals surface area contributed by atoms with Gasteiger partial charge in [-0.05, 0) is 62.8 Å². The van der Waals surface area contributed by atoms with Gasteiger partial charge in [-0.15, -0.1) is 0 Å². The smallest absolute Gasteiger partial charge is 0.342 e. The van der Waals surface area contributed by atoms with E-state index < -0.39 is 5.60 Å². The summed E-state index contributed by atoms with van der Waals surface area (Å²) in [6.07, 6.45) is 5.34. The minimum atomic E-state index is -0.524. The summed E-state index contributed by atoms with van der Waals surface area (Å²) in [6.45, 7) is 6.13. The number of benzene rings is 2. The highest BCUT2D eigenvalue weighted by atomic mass is 79.9. The fourth-order valence-electron chi connectivity index (χ4n) is 2.35. The van der Waals surface area contributed by atoms with Crippen LogP contribution in [0.4, 0.5) is 0 Å². The maximum atomic E-state index is 12.3. The van der Waals surface area contributed by atoms with E-state index in [0.29, 0.717) is 17.9 Å². The molecule has 2 aromatic carbocycles. The number of rotatable bonds is 9. The fraction of sp³-hybridized carbons (Fsp3) is 0.348. The molecule has 0 aliphatic heterocycles. The molecule has 5 heteroatoms. The van der Waals surface area contributed by atoms with Crippen LogP contribution in [-0.2, 0) is 4.74 Å². The number of esters is 1. The molecular formula is C23H27BrO3S. The van der Waals surface area contributed by atoms with Crippen LogP contribution in [0.1, 0.15) is 43.1 Å². The highest BCUT2D eigenvalue weighted by molar-refractivity contribution is 9.10. The Hall–Kier alpha value is -1.72. The molecule has 2 rings (SSSR count). The summed E-state index contributed by atoms with van der Waals surface area (Å²) in [6, 6.07) is 15.5. The van der Waals surface area contributed by atoms with Gasteiger partial charge >= 0.3 is 5.97 Å². The Bertz CT molecular complexity index is 779. The minimum Gasteiger partial charge on any atom is -0.492 e. The molecule has 0 saturated carbocycles. The molecule has 0 unspecified atom stereocenters. The van der Waals surface area contributed by atoms with Gasteiger partial charge in [0.1, 0.15) is 16.9 Å². The average molecular weight is 463 g/mol. The first-order valence-electron chi connectivity index (χ1n) is 9.30. The van der Waals surface area contributed by atoms with Crippen molar-refractivity contribution >= 4 is 39.7 Å². The molecule has 0 atom stereocenters. The zero-order valence-corrected chi connectivity index (χ0v) is 19.0. The minimum absolute atomic E-state index is 0.353. The molecule has 0 aromatic heterocycles. The molecule has 0 aliphatic carbocycles. The molecule has 0 radical (unpaired) electrons. The van der Waals surface area contributed by atoms with Gasteiger partial charge < -0.3 is 9.47 Å². The van der Waals surface area contributed by atoms with Crippen molar-refractivity contribution in [2.45, 2.75) is 32.8 Å². The summed E-state index contributed by atoms with van der Waals surface area (Å²) in [5.41, 5.74) is 1.15. The third-order valence-electron chi connectivity index (χ3n) is 3.60. The second kappa shape index (κ2) is 11.3. The Morgan fingerprint density at radius 2 is 1.79 bits per heavy atom. The molecule has 28 heavy (non-hydrogen) atoms. The van der Waals surface area contributed by atoms with Gasteiger partial charge in [-0.2, -0.15) is 11.8 Å². The molecule has 0 aliphatic rings. The van der Waals surface area contributed by atoms with Crippen molar-refractivity contribution in [3.05, 3.63) is 70.2 Å². The molecule has 0 fully saturated rings. The number of ether oxygens (including phenoxy) is 2. The summed E-state index contributed by atoms with van der Waals surface area (Å²) in [5.74, 6) is 2.13. The third kappa shape index (κ3) is 8.53. The lowest BCUT2D eigenvalue weighted by atomic mass is 10.1. The summed E-state index contributed by atoms with van der Waals surface area (Å²) >= 11 is 5.27. The van der Waals surface area contributed by atoms with Gasteiger partial charge in [0, 0.05) is 10.2 Å². The Kier molecular flexibility index (Phi) is 9.13. The molecule has 0 bridgehead atoms. The zero-order valence-electron chi connectivity index (χ0n) is 16.6. The second-order valence-electron chi connectivity index (χ2n) is 7.20. The maximum absolute atomic E-state index is 12.3. The molecular weight excluding hydrogens is 436 g/mol. The van der Waals surface area contributed by atoms with Crippen molar-refractivity contribution in [2.24, 2.45) is 0 Å². The van der Waals surface area contributed by atoms with Crippen LogP contribution in [0.5, 0.6) is 5.75 Å². The van der Waals surface area contributed by atoms with Crippen LogP contribution in [0.3, 0.4) is 0 Å². The van der Waals surface area contributed by atoms with E-state index in [0.717, 1.165) is 22.4 Å². The normalized spacial score (nSPS) is 11.6. The number of carbonyl (C=O) groups excluding carboxylic acids is 1. The van der Waals surface area contributed by atoms with E-state index in [1.165, 1.54) is 5.56 Å². The molecule has 3 nitrogen and oxygen atoms in total. The van der Waals surface area contributed by atoms with E-state index in [9.17, 15) is 4.79 Å². The number of carbonyl (C=O) groups is 1. The second-order valence-corrected chi connectivity index (χ2v) is 9.34. The first kappa shape index (κ1) is 22.6. The van der Waals surface area contributed by atoms with Crippen molar-refractivity contribution in [1.82, 2.24) is 0 Å². The van der Waals surface area contributed by atoms with Crippen molar-refractivity contribution in [3.8, 4) is 5.75 Å². The number of thioether (sulfide) groups is 1.